The molecule has 1 rings (SSSR count). The van der Waals surface area contributed by atoms with E-state index in [-0.39, 0.29) is 13.2 Å². The Balaban J connectivity index is 2.01. The number of benzene rings is 1. The molecule has 1 aromatic carbocycles. The molecule has 0 unspecified atom stereocenters. The minimum atomic E-state index is -0.529. The van der Waals surface area contributed by atoms with Crippen molar-refractivity contribution in [3.05, 3.63) is 35.9 Å². The van der Waals surface area contributed by atoms with Crippen LogP contribution in [0.3, 0.4) is 0 Å². The first kappa shape index (κ1) is 23.0. The van der Waals surface area contributed by atoms with Gasteiger partial charge in [0, 0.05) is 7.05 Å². The molecule has 5 heteroatoms. The Morgan fingerprint density at radius 2 is 1.44 bits per heavy atom. The highest BCUT2D eigenvalue weighted by molar-refractivity contribution is 5.77. The number of ether oxygens (including phenoxy) is 2. The van der Waals surface area contributed by atoms with Crippen LogP contribution in [0.1, 0.15) is 70.3 Å². The van der Waals surface area contributed by atoms with Crippen molar-refractivity contribution >= 4 is 12.1 Å². The van der Waals surface area contributed by atoms with Gasteiger partial charge in [0.2, 0.25) is 0 Å². The Bertz CT molecular complexity index is 518. The molecular weight excluding hydrogens is 342 g/mol. The maximum Gasteiger partial charge on any atom is 0.410 e. The number of hydrogen-bond acceptors (Lipinski definition) is 4. The predicted molar refractivity (Wildman–Crippen MR) is 107 cm³/mol. The van der Waals surface area contributed by atoms with Crippen LogP contribution in [-0.4, -0.2) is 37.2 Å². The van der Waals surface area contributed by atoms with Crippen molar-refractivity contribution in [2.45, 2.75) is 71.3 Å². The Labute approximate surface area is 164 Å². The quantitative estimate of drug-likeness (QED) is 0.325. The largest absolute Gasteiger partial charge is 0.464 e. The van der Waals surface area contributed by atoms with Gasteiger partial charge in [-0.05, 0) is 12.0 Å². The summed E-state index contributed by atoms with van der Waals surface area (Å²) in [7, 11) is 1.53. The van der Waals surface area contributed by atoms with Crippen LogP contribution in [0.5, 0.6) is 0 Å². The lowest BCUT2D eigenvalue weighted by Crippen LogP contribution is -2.33. The third kappa shape index (κ3) is 12.1. The van der Waals surface area contributed by atoms with Crippen LogP contribution >= 0.6 is 0 Å². The molecule has 0 fully saturated rings. The highest BCUT2D eigenvalue weighted by Crippen LogP contribution is 2.09. The van der Waals surface area contributed by atoms with E-state index < -0.39 is 12.1 Å². The average molecular weight is 378 g/mol. The van der Waals surface area contributed by atoms with E-state index in [1.807, 2.05) is 30.3 Å². The first-order valence-corrected chi connectivity index (χ1v) is 10.2. The summed E-state index contributed by atoms with van der Waals surface area (Å²) in [6.45, 7) is 2.75. The van der Waals surface area contributed by atoms with Crippen molar-refractivity contribution < 1.29 is 19.1 Å². The fourth-order valence-electron chi connectivity index (χ4n) is 2.73. The second-order valence-electron chi connectivity index (χ2n) is 6.95. The molecule has 0 saturated carbocycles. The van der Waals surface area contributed by atoms with Gasteiger partial charge in [-0.2, -0.15) is 0 Å². The molecule has 27 heavy (non-hydrogen) atoms. The lowest BCUT2D eigenvalue weighted by atomic mass is 10.1. The highest BCUT2D eigenvalue weighted by Gasteiger charge is 2.15. The smallest absolute Gasteiger partial charge is 0.410 e. The van der Waals surface area contributed by atoms with Gasteiger partial charge in [-0.15, -0.1) is 0 Å². The van der Waals surface area contributed by atoms with Crippen molar-refractivity contribution in [3.63, 3.8) is 0 Å². The van der Waals surface area contributed by atoms with Gasteiger partial charge in [-0.3, -0.25) is 4.79 Å². The summed E-state index contributed by atoms with van der Waals surface area (Å²) in [6.07, 6.45) is 10.5. The fourth-order valence-corrected chi connectivity index (χ4v) is 2.73. The van der Waals surface area contributed by atoms with Gasteiger partial charge in [0.05, 0.1) is 6.61 Å². The van der Waals surface area contributed by atoms with Gasteiger partial charge in [0.1, 0.15) is 13.2 Å². The van der Waals surface area contributed by atoms with E-state index in [2.05, 4.69) is 6.92 Å². The Morgan fingerprint density at radius 1 is 0.852 bits per heavy atom. The zero-order chi connectivity index (χ0) is 19.7. The molecule has 0 aliphatic heterocycles. The van der Waals surface area contributed by atoms with Crippen LogP contribution in [0.25, 0.3) is 0 Å². The van der Waals surface area contributed by atoms with Gasteiger partial charge < -0.3 is 14.4 Å². The molecule has 0 N–H and O–H groups in total. The molecule has 152 valence electrons. The zero-order valence-corrected chi connectivity index (χ0v) is 17.0. The van der Waals surface area contributed by atoms with Gasteiger partial charge in [-0.25, -0.2) is 4.79 Å². The molecule has 1 aromatic rings. The number of unbranched alkanes of at least 4 members (excludes halogenated alkanes) is 8. The summed E-state index contributed by atoms with van der Waals surface area (Å²) in [4.78, 5) is 24.9. The first-order valence-electron chi connectivity index (χ1n) is 10.2. The monoisotopic (exact) mass is 377 g/mol. The third-order valence-electron chi connectivity index (χ3n) is 4.39. The lowest BCUT2D eigenvalue weighted by Gasteiger charge is -2.16. The number of amides is 1. The average Bonchev–Trinajstić information content (AvgIpc) is 2.68. The molecule has 0 heterocycles. The van der Waals surface area contributed by atoms with Crippen LogP contribution in [0.15, 0.2) is 30.3 Å². The Kier molecular flexibility index (Phi) is 12.8. The van der Waals surface area contributed by atoms with Crippen molar-refractivity contribution in [2.75, 3.05) is 20.2 Å². The number of esters is 1. The van der Waals surface area contributed by atoms with E-state index in [1.165, 1.54) is 56.9 Å². The minimum absolute atomic E-state index is 0.0922. The molecule has 0 spiro atoms. The maximum absolute atomic E-state index is 11.9. The minimum Gasteiger partial charge on any atom is -0.464 e. The topological polar surface area (TPSA) is 55.8 Å². The van der Waals surface area contributed by atoms with Crippen LogP contribution in [0.4, 0.5) is 4.79 Å². The SMILES string of the molecule is CCCCCCCCCCCOC(=O)CN(C)C(=O)OCc1ccccc1. The standard InChI is InChI=1S/C22H35NO4/c1-3-4-5-6-7-8-9-10-14-17-26-21(24)18-23(2)22(25)27-19-20-15-12-11-13-16-20/h11-13,15-16H,3-10,14,17-19H2,1-2H3. The van der Waals surface area contributed by atoms with E-state index in [1.54, 1.807) is 0 Å². The number of rotatable bonds is 14. The predicted octanol–water partition coefficient (Wildman–Crippen LogP) is 5.33. The van der Waals surface area contributed by atoms with E-state index in [9.17, 15) is 9.59 Å². The molecule has 0 saturated heterocycles. The number of carbonyl (C=O) groups is 2. The molecule has 0 aliphatic carbocycles. The second-order valence-corrected chi connectivity index (χ2v) is 6.95. The van der Waals surface area contributed by atoms with Crippen molar-refractivity contribution in [2.24, 2.45) is 0 Å². The summed E-state index contributed by atoms with van der Waals surface area (Å²) in [5, 5.41) is 0. The molecule has 0 atom stereocenters. The summed E-state index contributed by atoms with van der Waals surface area (Å²) in [5.41, 5.74) is 0.909. The summed E-state index contributed by atoms with van der Waals surface area (Å²) >= 11 is 0. The third-order valence-corrected chi connectivity index (χ3v) is 4.39. The molecule has 5 nitrogen and oxygen atoms in total. The van der Waals surface area contributed by atoms with Crippen molar-refractivity contribution in [3.8, 4) is 0 Å². The number of hydrogen-bond donors (Lipinski definition) is 0. The molecule has 1 amide bonds. The van der Waals surface area contributed by atoms with Crippen LogP contribution in [0.2, 0.25) is 0 Å². The highest BCUT2D eigenvalue weighted by atomic mass is 16.6. The Hall–Kier alpha value is -2.04. The molecule has 0 bridgehead atoms. The normalized spacial score (nSPS) is 10.4. The molecule has 0 radical (unpaired) electrons. The zero-order valence-electron chi connectivity index (χ0n) is 17.0. The maximum atomic E-state index is 11.9. The van der Waals surface area contributed by atoms with Crippen molar-refractivity contribution in [1.29, 1.82) is 0 Å². The van der Waals surface area contributed by atoms with E-state index >= 15 is 0 Å². The number of likely N-dealkylation sites (N-methyl/N-ethyl adjacent to an activating group) is 1. The van der Waals surface area contributed by atoms with Crippen LogP contribution in [0, 0.1) is 0 Å². The summed E-state index contributed by atoms with van der Waals surface area (Å²) < 4.78 is 10.4. The van der Waals surface area contributed by atoms with Crippen LogP contribution < -0.4 is 0 Å². The van der Waals surface area contributed by atoms with Gasteiger partial charge in [0.15, 0.2) is 0 Å². The van der Waals surface area contributed by atoms with E-state index in [0.29, 0.717) is 6.61 Å². The van der Waals surface area contributed by atoms with Gasteiger partial charge >= 0.3 is 12.1 Å². The Morgan fingerprint density at radius 3 is 2.07 bits per heavy atom. The summed E-state index contributed by atoms with van der Waals surface area (Å²) in [6, 6.07) is 9.44. The van der Waals surface area contributed by atoms with Crippen LogP contribution in [-0.2, 0) is 20.9 Å². The molecule has 0 aromatic heterocycles. The lowest BCUT2D eigenvalue weighted by molar-refractivity contribution is -0.144. The van der Waals surface area contributed by atoms with Crippen molar-refractivity contribution in [1.82, 2.24) is 4.90 Å². The van der Waals surface area contributed by atoms with E-state index in [0.717, 1.165) is 18.4 Å². The fraction of sp³-hybridized carbons (Fsp3) is 0.636. The molecular formula is C22H35NO4. The second kappa shape index (κ2) is 15.1. The first-order chi connectivity index (χ1) is 13.1. The number of carbonyl (C=O) groups excluding carboxylic acids is 2. The van der Waals surface area contributed by atoms with Gasteiger partial charge in [0.25, 0.3) is 0 Å². The number of nitrogens with zero attached hydrogens (tertiary/aromatic N) is 1. The van der Waals surface area contributed by atoms with Gasteiger partial charge in [-0.1, -0.05) is 88.6 Å². The van der Waals surface area contributed by atoms with E-state index in [4.69, 9.17) is 9.47 Å². The molecule has 0 aliphatic rings. The summed E-state index contributed by atoms with van der Waals surface area (Å²) in [5.74, 6) is -0.395.